The number of aliphatic imine (C=N–C) groups is 1. The first-order chi connectivity index (χ1) is 11.3. The molecule has 0 aliphatic rings. The molecule has 0 unspecified atom stereocenters. The zero-order valence-corrected chi connectivity index (χ0v) is 13.8. The van der Waals surface area contributed by atoms with Gasteiger partial charge in [0.25, 0.3) is 0 Å². The highest BCUT2D eigenvalue weighted by Gasteiger charge is 2.06. The van der Waals surface area contributed by atoms with Crippen LogP contribution in [0, 0.1) is 0 Å². The van der Waals surface area contributed by atoms with Crippen molar-refractivity contribution in [1.82, 2.24) is 10.6 Å². The number of benzene rings is 2. The Bertz CT molecular complexity index is 642. The SMILES string of the molecule is CN=C(NC)NCc1ccc(OCc2ccccc2)c(OC)c1. The van der Waals surface area contributed by atoms with Gasteiger partial charge in [0, 0.05) is 20.6 Å². The Kier molecular flexibility index (Phi) is 6.29. The van der Waals surface area contributed by atoms with Crippen molar-refractivity contribution in [3.63, 3.8) is 0 Å². The molecule has 122 valence electrons. The Hall–Kier alpha value is -2.69. The molecule has 0 saturated heterocycles. The summed E-state index contributed by atoms with van der Waals surface area (Å²) in [6.07, 6.45) is 0. The van der Waals surface area contributed by atoms with Gasteiger partial charge in [-0.2, -0.15) is 0 Å². The summed E-state index contributed by atoms with van der Waals surface area (Å²) in [4.78, 5) is 4.08. The second kappa shape index (κ2) is 8.68. The summed E-state index contributed by atoms with van der Waals surface area (Å²) in [6, 6.07) is 16.0. The number of hydrogen-bond donors (Lipinski definition) is 2. The number of methoxy groups -OCH3 is 1. The van der Waals surface area contributed by atoms with Crippen molar-refractivity contribution < 1.29 is 9.47 Å². The molecule has 0 aliphatic heterocycles. The highest BCUT2D eigenvalue weighted by Crippen LogP contribution is 2.28. The fraction of sp³-hybridized carbons (Fsp3) is 0.278. The number of nitrogens with one attached hydrogen (secondary N) is 2. The lowest BCUT2D eigenvalue weighted by atomic mass is 10.2. The van der Waals surface area contributed by atoms with Gasteiger partial charge in [0.15, 0.2) is 17.5 Å². The molecule has 0 bridgehead atoms. The highest BCUT2D eigenvalue weighted by atomic mass is 16.5. The zero-order valence-electron chi connectivity index (χ0n) is 13.8. The van der Waals surface area contributed by atoms with Gasteiger partial charge in [0.05, 0.1) is 7.11 Å². The van der Waals surface area contributed by atoms with E-state index in [4.69, 9.17) is 9.47 Å². The summed E-state index contributed by atoms with van der Waals surface area (Å²) in [7, 11) is 5.21. The maximum atomic E-state index is 5.86. The third kappa shape index (κ3) is 4.92. The number of nitrogens with zero attached hydrogens (tertiary/aromatic N) is 1. The Morgan fingerprint density at radius 2 is 1.83 bits per heavy atom. The predicted molar refractivity (Wildman–Crippen MR) is 93.0 cm³/mol. The van der Waals surface area contributed by atoms with E-state index >= 15 is 0 Å². The summed E-state index contributed by atoms with van der Waals surface area (Å²) >= 11 is 0. The van der Waals surface area contributed by atoms with Crippen molar-refractivity contribution in [3.05, 3.63) is 59.7 Å². The van der Waals surface area contributed by atoms with Crippen LogP contribution >= 0.6 is 0 Å². The standard InChI is InChI=1S/C18H23N3O2/c1-19-18(20-2)21-12-15-9-10-16(17(11-15)22-3)23-13-14-7-5-4-6-8-14/h4-11H,12-13H2,1-3H3,(H2,19,20,21). The van der Waals surface area contributed by atoms with Gasteiger partial charge in [-0.05, 0) is 23.3 Å². The van der Waals surface area contributed by atoms with Gasteiger partial charge in [-0.3, -0.25) is 4.99 Å². The van der Waals surface area contributed by atoms with Crippen molar-refractivity contribution in [2.24, 2.45) is 4.99 Å². The zero-order chi connectivity index (χ0) is 16.5. The van der Waals surface area contributed by atoms with Crippen molar-refractivity contribution in [1.29, 1.82) is 0 Å². The minimum absolute atomic E-state index is 0.515. The van der Waals surface area contributed by atoms with Crippen molar-refractivity contribution in [2.75, 3.05) is 21.2 Å². The molecule has 0 atom stereocenters. The monoisotopic (exact) mass is 313 g/mol. The van der Waals surface area contributed by atoms with Gasteiger partial charge >= 0.3 is 0 Å². The van der Waals surface area contributed by atoms with E-state index in [9.17, 15) is 0 Å². The molecular formula is C18H23N3O2. The minimum atomic E-state index is 0.515. The second-order valence-corrected chi connectivity index (χ2v) is 4.94. The molecule has 0 fully saturated rings. The number of rotatable bonds is 6. The first kappa shape index (κ1) is 16.7. The molecule has 0 spiro atoms. The molecule has 2 aromatic carbocycles. The first-order valence-electron chi connectivity index (χ1n) is 7.49. The van der Waals surface area contributed by atoms with E-state index in [0.29, 0.717) is 13.2 Å². The van der Waals surface area contributed by atoms with Crippen LogP contribution in [0.3, 0.4) is 0 Å². The van der Waals surface area contributed by atoms with Gasteiger partial charge in [0.2, 0.25) is 0 Å². The Morgan fingerprint density at radius 3 is 2.48 bits per heavy atom. The molecule has 0 saturated carbocycles. The molecule has 5 nitrogen and oxygen atoms in total. The molecule has 23 heavy (non-hydrogen) atoms. The van der Waals surface area contributed by atoms with Crippen molar-refractivity contribution in [3.8, 4) is 11.5 Å². The topological polar surface area (TPSA) is 54.9 Å². The van der Waals surface area contributed by atoms with Crippen LogP contribution in [0.4, 0.5) is 0 Å². The van der Waals surface area contributed by atoms with Crippen LogP contribution in [0.2, 0.25) is 0 Å². The molecule has 0 aliphatic carbocycles. The molecular weight excluding hydrogens is 290 g/mol. The van der Waals surface area contributed by atoms with Gasteiger partial charge in [-0.25, -0.2) is 0 Å². The van der Waals surface area contributed by atoms with Gasteiger partial charge in [0.1, 0.15) is 6.61 Å². The van der Waals surface area contributed by atoms with Crippen LogP contribution in [-0.2, 0) is 13.2 Å². The quantitative estimate of drug-likeness (QED) is 0.636. The molecule has 0 heterocycles. The van der Waals surface area contributed by atoms with Crippen LogP contribution in [0.1, 0.15) is 11.1 Å². The summed E-state index contributed by atoms with van der Waals surface area (Å²) in [5, 5.41) is 6.19. The van der Waals surface area contributed by atoms with Gasteiger partial charge < -0.3 is 20.1 Å². The summed E-state index contributed by atoms with van der Waals surface area (Å²) in [5.41, 5.74) is 2.21. The second-order valence-electron chi connectivity index (χ2n) is 4.94. The van der Waals surface area contributed by atoms with Crippen LogP contribution in [0.5, 0.6) is 11.5 Å². The van der Waals surface area contributed by atoms with Crippen LogP contribution in [0.15, 0.2) is 53.5 Å². The lowest BCUT2D eigenvalue weighted by molar-refractivity contribution is 0.284. The Morgan fingerprint density at radius 1 is 1.04 bits per heavy atom. The normalized spacial score (nSPS) is 11.0. The molecule has 2 rings (SSSR count). The van der Waals surface area contributed by atoms with Crippen molar-refractivity contribution >= 4 is 5.96 Å². The van der Waals surface area contributed by atoms with Crippen LogP contribution in [0.25, 0.3) is 0 Å². The lowest BCUT2D eigenvalue weighted by Gasteiger charge is -2.13. The third-order valence-electron chi connectivity index (χ3n) is 3.39. The molecule has 5 heteroatoms. The lowest BCUT2D eigenvalue weighted by Crippen LogP contribution is -2.34. The first-order valence-corrected chi connectivity index (χ1v) is 7.49. The molecule has 0 radical (unpaired) electrons. The minimum Gasteiger partial charge on any atom is -0.493 e. The fourth-order valence-corrected chi connectivity index (χ4v) is 2.14. The number of ether oxygens (including phenoxy) is 2. The molecule has 2 aromatic rings. The average Bonchev–Trinajstić information content (AvgIpc) is 2.62. The molecule has 0 amide bonds. The largest absolute Gasteiger partial charge is 0.493 e. The Balaban J connectivity index is 2.01. The number of guanidine groups is 1. The average molecular weight is 313 g/mol. The third-order valence-corrected chi connectivity index (χ3v) is 3.39. The van der Waals surface area contributed by atoms with E-state index in [0.717, 1.165) is 28.6 Å². The fourth-order valence-electron chi connectivity index (χ4n) is 2.14. The van der Waals surface area contributed by atoms with E-state index in [-0.39, 0.29) is 0 Å². The van der Waals surface area contributed by atoms with E-state index in [1.807, 2.05) is 55.6 Å². The summed E-state index contributed by atoms with van der Waals surface area (Å²) in [6.45, 7) is 1.17. The Labute approximate surface area is 137 Å². The molecule has 2 N–H and O–H groups in total. The molecule has 0 aromatic heterocycles. The maximum absolute atomic E-state index is 5.86. The van der Waals surface area contributed by atoms with E-state index in [2.05, 4.69) is 15.6 Å². The van der Waals surface area contributed by atoms with Crippen LogP contribution < -0.4 is 20.1 Å². The predicted octanol–water partition coefficient (Wildman–Crippen LogP) is 2.57. The number of hydrogen-bond acceptors (Lipinski definition) is 3. The van der Waals surface area contributed by atoms with E-state index in [1.165, 1.54) is 0 Å². The smallest absolute Gasteiger partial charge is 0.190 e. The van der Waals surface area contributed by atoms with Gasteiger partial charge in [-0.1, -0.05) is 36.4 Å². The maximum Gasteiger partial charge on any atom is 0.190 e. The van der Waals surface area contributed by atoms with Crippen LogP contribution in [-0.4, -0.2) is 27.2 Å². The summed E-state index contributed by atoms with van der Waals surface area (Å²) < 4.78 is 11.3. The van der Waals surface area contributed by atoms with Crippen molar-refractivity contribution in [2.45, 2.75) is 13.2 Å². The highest BCUT2D eigenvalue weighted by molar-refractivity contribution is 5.79. The van der Waals surface area contributed by atoms with E-state index in [1.54, 1.807) is 14.2 Å². The van der Waals surface area contributed by atoms with E-state index < -0.39 is 0 Å². The van der Waals surface area contributed by atoms with Gasteiger partial charge in [-0.15, -0.1) is 0 Å². The summed E-state index contributed by atoms with van der Waals surface area (Å²) in [5.74, 6) is 2.20.